The molecule has 0 N–H and O–H groups in total. The Morgan fingerprint density at radius 3 is 2.50 bits per heavy atom. The second-order valence-electron chi connectivity index (χ2n) is 9.65. The fraction of sp³-hybridized carbons (Fsp3) is 0.219. The molecular formula is C32H28BrFN2O5S. The molecule has 3 aromatic carbocycles. The van der Waals surface area contributed by atoms with E-state index in [-0.39, 0.29) is 24.6 Å². The fourth-order valence-electron chi connectivity index (χ4n) is 4.74. The lowest BCUT2D eigenvalue weighted by atomic mass is 9.95. The van der Waals surface area contributed by atoms with E-state index in [2.05, 4.69) is 20.9 Å². The standard InChI is InChI=1S/C32H28BrFN2O5S/c1-5-40-31(38)27-19(3)35-32-36(28(27)21-10-6-18(2)7-11-21)30(37)26(42-32)15-22-14-23(33)16-25(39-4)29(22)41-17-20-8-12-24(34)13-9-20/h6-16,28H,5,17H2,1-4H3/b26-15-/t28-/m1/s1. The first-order chi connectivity index (χ1) is 20.2. The Hall–Kier alpha value is -4.02. The highest BCUT2D eigenvalue weighted by molar-refractivity contribution is 9.10. The lowest BCUT2D eigenvalue weighted by molar-refractivity contribution is -0.139. The van der Waals surface area contributed by atoms with Crippen LogP contribution in [-0.2, 0) is 16.1 Å². The summed E-state index contributed by atoms with van der Waals surface area (Å²) in [6, 6.07) is 16.6. The van der Waals surface area contributed by atoms with Crippen LogP contribution >= 0.6 is 27.3 Å². The van der Waals surface area contributed by atoms with Crippen molar-refractivity contribution in [1.82, 2.24) is 4.57 Å². The molecule has 0 aliphatic carbocycles. The van der Waals surface area contributed by atoms with Gasteiger partial charge < -0.3 is 14.2 Å². The minimum atomic E-state index is -0.700. The van der Waals surface area contributed by atoms with Crippen molar-refractivity contribution >= 4 is 39.3 Å². The van der Waals surface area contributed by atoms with Gasteiger partial charge in [-0.1, -0.05) is 69.2 Å². The van der Waals surface area contributed by atoms with E-state index in [0.717, 1.165) is 21.2 Å². The van der Waals surface area contributed by atoms with Crippen molar-refractivity contribution in [2.75, 3.05) is 13.7 Å². The molecule has 10 heteroatoms. The van der Waals surface area contributed by atoms with Gasteiger partial charge in [-0.05, 0) is 62.2 Å². The number of aryl methyl sites for hydroxylation is 1. The SMILES string of the molecule is CCOC(=O)C1=C(C)N=c2s/c(=C\c3cc(Br)cc(OC)c3OCc3ccc(F)cc3)c(=O)n2[C@@H]1c1ccc(C)cc1. The molecule has 0 fully saturated rings. The average Bonchev–Trinajstić information content (AvgIpc) is 3.26. The number of methoxy groups -OCH3 is 1. The summed E-state index contributed by atoms with van der Waals surface area (Å²) in [5.74, 6) is 0.0472. The molecule has 0 saturated carbocycles. The van der Waals surface area contributed by atoms with Crippen molar-refractivity contribution in [2.45, 2.75) is 33.4 Å². The molecule has 0 radical (unpaired) electrons. The smallest absolute Gasteiger partial charge is 0.338 e. The van der Waals surface area contributed by atoms with Gasteiger partial charge in [0, 0.05) is 10.0 Å². The van der Waals surface area contributed by atoms with Crippen molar-refractivity contribution in [3.63, 3.8) is 0 Å². The van der Waals surface area contributed by atoms with Gasteiger partial charge in [-0.15, -0.1) is 0 Å². The van der Waals surface area contributed by atoms with E-state index in [1.165, 1.54) is 30.6 Å². The number of nitrogens with zero attached hydrogens (tertiary/aromatic N) is 2. The number of fused-ring (bicyclic) bond motifs is 1. The molecule has 5 rings (SSSR count). The van der Waals surface area contributed by atoms with Gasteiger partial charge in [0.2, 0.25) is 0 Å². The number of esters is 1. The maximum atomic E-state index is 14.1. The third-order valence-corrected chi connectivity index (χ3v) is 8.20. The lowest BCUT2D eigenvalue weighted by Gasteiger charge is -2.24. The van der Waals surface area contributed by atoms with Crippen LogP contribution in [0.2, 0.25) is 0 Å². The summed E-state index contributed by atoms with van der Waals surface area (Å²) < 4.78 is 33.2. The maximum Gasteiger partial charge on any atom is 0.338 e. The second kappa shape index (κ2) is 12.5. The first kappa shape index (κ1) is 29.5. The van der Waals surface area contributed by atoms with Crippen molar-refractivity contribution in [1.29, 1.82) is 0 Å². The number of benzene rings is 3. The van der Waals surface area contributed by atoms with Crippen LogP contribution in [0.1, 0.15) is 42.1 Å². The number of carbonyl (C=O) groups excluding carboxylic acids is 1. The summed E-state index contributed by atoms with van der Waals surface area (Å²) in [7, 11) is 1.53. The third kappa shape index (κ3) is 5.96. The molecule has 0 saturated heterocycles. The highest BCUT2D eigenvalue weighted by Crippen LogP contribution is 2.36. The van der Waals surface area contributed by atoms with E-state index in [1.54, 1.807) is 42.7 Å². The van der Waals surface area contributed by atoms with Crippen molar-refractivity contribution < 1.29 is 23.4 Å². The topological polar surface area (TPSA) is 79.1 Å². The van der Waals surface area contributed by atoms with E-state index in [4.69, 9.17) is 14.2 Å². The van der Waals surface area contributed by atoms with Crippen LogP contribution < -0.4 is 24.4 Å². The van der Waals surface area contributed by atoms with Crippen molar-refractivity contribution in [3.05, 3.63) is 124 Å². The van der Waals surface area contributed by atoms with Crippen LogP contribution in [0, 0.1) is 12.7 Å². The van der Waals surface area contributed by atoms with E-state index < -0.39 is 12.0 Å². The zero-order valence-electron chi connectivity index (χ0n) is 23.4. The first-order valence-corrected chi connectivity index (χ1v) is 14.8. The molecule has 0 unspecified atom stereocenters. The van der Waals surface area contributed by atoms with Crippen LogP contribution in [0.15, 0.2) is 86.2 Å². The fourth-order valence-corrected chi connectivity index (χ4v) is 6.23. The van der Waals surface area contributed by atoms with Crippen LogP contribution in [0.4, 0.5) is 4.39 Å². The molecule has 0 bridgehead atoms. The van der Waals surface area contributed by atoms with Crippen LogP contribution in [-0.4, -0.2) is 24.3 Å². The van der Waals surface area contributed by atoms with E-state index >= 15 is 0 Å². The van der Waals surface area contributed by atoms with Gasteiger partial charge in [0.1, 0.15) is 12.4 Å². The molecule has 216 valence electrons. The normalized spacial score (nSPS) is 14.8. The van der Waals surface area contributed by atoms with Gasteiger partial charge >= 0.3 is 5.97 Å². The van der Waals surface area contributed by atoms with Crippen LogP contribution in [0.3, 0.4) is 0 Å². The predicted octanol–water partition coefficient (Wildman–Crippen LogP) is 5.60. The monoisotopic (exact) mass is 650 g/mol. The van der Waals surface area contributed by atoms with Gasteiger partial charge in [0.15, 0.2) is 16.3 Å². The number of aromatic nitrogens is 1. The predicted molar refractivity (Wildman–Crippen MR) is 163 cm³/mol. The van der Waals surface area contributed by atoms with Gasteiger partial charge in [-0.25, -0.2) is 14.2 Å². The summed E-state index contributed by atoms with van der Waals surface area (Å²) >= 11 is 4.74. The molecule has 7 nitrogen and oxygen atoms in total. The minimum Gasteiger partial charge on any atom is -0.493 e. The number of thiazole rings is 1. The third-order valence-electron chi connectivity index (χ3n) is 6.76. The van der Waals surface area contributed by atoms with Gasteiger partial charge in [-0.3, -0.25) is 9.36 Å². The van der Waals surface area contributed by atoms with Crippen LogP contribution in [0.5, 0.6) is 11.5 Å². The maximum absolute atomic E-state index is 14.1. The Kier molecular flexibility index (Phi) is 8.74. The summed E-state index contributed by atoms with van der Waals surface area (Å²) in [5, 5.41) is 0. The van der Waals surface area contributed by atoms with Crippen LogP contribution in [0.25, 0.3) is 6.08 Å². The molecule has 0 spiro atoms. The number of hydrogen-bond donors (Lipinski definition) is 0. The zero-order valence-corrected chi connectivity index (χ0v) is 25.8. The average molecular weight is 652 g/mol. The molecule has 1 atom stereocenters. The number of carbonyl (C=O) groups is 1. The zero-order chi connectivity index (χ0) is 30.0. The lowest BCUT2D eigenvalue weighted by Crippen LogP contribution is -2.39. The van der Waals surface area contributed by atoms with Crippen molar-refractivity contribution in [2.24, 2.45) is 4.99 Å². The second-order valence-corrected chi connectivity index (χ2v) is 11.6. The number of halogens is 2. The molecular weight excluding hydrogens is 623 g/mol. The van der Waals surface area contributed by atoms with Gasteiger partial charge in [0.05, 0.1) is 35.6 Å². The highest BCUT2D eigenvalue weighted by atomic mass is 79.9. The van der Waals surface area contributed by atoms with E-state index in [9.17, 15) is 14.0 Å². The van der Waals surface area contributed by atoms with Gasteiger partial charge in [-0.2, -0.15) is 0 Å². The Balaban J connectivity index is 1.66. The molecule has 42 heavy (non-hydrogen) atoms. The summed E-state index contributed by atoms with van der Waals surface area (Å²) in [5.41, 5.74) is 3.72. The summed E-state index contributed by atoms with van der Waals surface area (Å²) in [6.45, 7) is 5.84. The highest BCUT2D eigenvalue weighted by Gasteiger charge is 2.33. The number of ether oxygens (including phenoxy) is 3. The molecule has 1 aromatic heterocycles. The minimum absolute atomic E-state index is 0.163. The summed E-state index contributed by atoms with van der Waals surface area (Å²) in [4.78, 5) is 32.3. The molecule has 0 amide bonds. The summed E-state index contributed by atoms with van der Waals surface area (Å²) in [6.07, 6.45) is 1.73. The number of allylic oxidation sites excluding steroid dienone is 1. The Morgan fingerprint density at radius 1 is 1.12 bits per heavy atom. The largest absolute Gasteiger partial charge is 0.493 e. The molecule has 4 aromatic rings. The van der Waals surface area contributed by atoms with E-state index in [1.807, 2.05) is 37.3 Å². The molecule has 1 aliphatic heterocycles. The van der Waals surface area contributed by atoms with Crippen molar-refractivity contribution in [3.8, 4) is 11.5 Å². The molecule has 2 heterocycles. The number of rotatable bonds is 8. The Morgan fingerprint density at radius 2 is 1.83 bits per heavy atom. The molecule has 1 aliphatic rings. The Bertz CT molecular complexity index is 1860. The number of hydrogen-bond acceptors (Lipinski definition) is 7. The quantitative estimate of drug-likeness (QED) is 0.232. The van der Waals surface area contributed by atoms with E-state index in [0.29, 0.717) is 37.7 Å². The first-order valence-electron chi connectivity index (χ1n) is 13.2. The van der Waals surface area contributed by atoms with Gasteiger partial charge in [0.25, 0.3) is 5.56 Å². The Labute approximate surface area is 254 Å².